The summed E-state index contributed by atoms with van der Waals surface area (Å²) in [5, 5.41) is 10.5. The third-order valence-corrected chi connectivity index (χ3v) is 4.23. The Morgan fingerprint density at radius 1 is 1.59 bits per heavy atom. The zero-order valence-electron chi connectivity index (χ0n) is 10.2. The highest BCUT2D eigenvalue weighted by Gasteiger charge is 2.11. The van der Waals surface area contributed by atoms with Crippen LogP contribution in [0.5, 0.6) is 0 Å². The van der Waals surface area contributed by atoms with Gasteiger partial charge < -0.3 is 5.32 Å². The molecule has 1 atom stereocenters. The van der Waals surface area contributed by atoms with Gasteiger partial charge >= 0.3 is 0 Å². The summed E-state index contributed by atoms with van der Waals surface area (Å²) >= 11 is 7.57. The minimum Gasteiger partial charge on any atom is -0.305 e. The Hall–Kier alpha value is -0.840. The molecule has 0 aliphatic rings. The van der Waals surface area contributed by atoms with E-state index in [4.69, 9.17) is 11.6 Å². The molecule has 1 N–H and O–H groups in total. The monoisotopic (exact) mass is 269 g/mol. The van der Waals surface area contributed by atoms with E-state index in [1.807, 2.05) is 29.4 Å². The summed E-state index contributed by atoms with van der Waals surface area (Å²) in [6.07, 6.45) is 1.93. The second kappa shape index (κ2) is 5.21. The molecule has 0 aliphatic carbocycles. The van der Waals surface area contributed by atoms with Gasteiger partial charge in [-0.1, -0.05) is 11.6 Å². The van der Waals surface area contributed by atoms with Gasteiger partial charge in [-0.05, 0) is 19.9 Å². The van der Waals surface area contributed by atoms with Crippen LogP contribution < -0.4 is 5.32 Å². The average Bonchev–Trinajstić information content (AvgIpc) is 2.84. The standard InChI is InChI=1S/C12H16ClN3S/c1-8(12-6-15-16(3)9(12)2)14-5-11-4-10(13)7-17-11/h4,6-8,14H,5H2,1-3H3. The van der Waals surface area contributed by atoms with Crippen LogP contribution in [0.25, 0.3) is 0 Å². The molecule has 2 aromatic heterocycles. The van der Waals surface area contributed by atoms with Crippen LogP contribution in [0.2, 0.25) is 5.02 Å². The Balaban J connectivity index is 1.98. The van der Waals surface area contributed by atoms with E-state index in [0.717, 1.165) is 11.6 Å². The first-order valence-corrected chi connectivity index (χ1v) is 6.78. The molecular weight excluding hydrogens is 254 g/mol. The number of rotatable bonds is 4. The van der Waals surface area contributed by atoms with Crippen LogP contribution in [0.15, 0.2) is 17.6 Å². The SMILES string of the molecule is Cc1c(C(C)NCc2cc(Cl)cs2)cnn1C. The van der Waals surface area contributed by atoms with E-state index < -0.39 is 0 Å². The Morgan fingerprint density at radius 3 is 2.88 bits per heavy atom. The van der Waals surface area contributed by atoms with Crippen molar-refractivity contribution in [2.24, 2.45) is 7.05 Å². The molecule has 0 radical (unpaired) electrons. The number of aromatic nitrogens is 2. The van der Waals surface area contributed by atoms with Crippen LogP contribution in [0.4, 0.5) is 0 Å². The predicted molar refractivity (Wildman–Crippen MR) is 72.5 cm³/mol. The molecule has 17 heavy (non-hydrogen) atoms. The van der Waals surface area contributed by atoms with E-state index in [-0.39, 0.29) is 0 Å². The van der Waals surface area contributed by atoms with Crippen molar-refractivity contribution < 1.29 is 0 Å². The maximum absolute atomic E-state index is 5.89. The number of thiophene rings is 1. The minimum absolute atomic E-state index is 0.296. The lowest BCUT2D eigenvalue weighted by Crippen LogP contribution is -2.18. The number of hydrogen-bond donors (Lipinski definition) is 1. The van der Waals surface area contributed by atoms with Crippen LogP contribution in [0.3, 0.4) is 0 Å². The fraction of sp³-hybridized carbons (Fsp3) is 0.417. The lowest BCUT2D eigenvalue weighted by molar-refractivity contribution is 0.574. The Bertz CT molecular complexity index is 504. The van der Waals surface area contributed by atoms with Crippen molar-refractivity contribution in [1.29, 1.82) is 0 Å². The van der Waals surface area contributed by atoms with Crippen LogP contribution in [0, 0.1) is 6.92 Å². The molecule has 0 saturated carbocycles. The first-order valence-electron chi connectivity index (χ1n) is 5.52. The Labute approximate surface area is 110 Å². The topological polar surface area (TPSA) is 29.9 Å². The zero-order valence-corrected chi connectivity index (χ0v) is 11.8. The van der Waals surface area contributed by atoms with E-state index in [0.29, 0.717) is 6.04 Å². The fourth-order valence-electron chi connectivity index (χ4n) is 1.75. The lowest BCUT2D eigenvalue weighted by Gasteiger charge is -2.12. The first-order chi connectivity index (χ1) is 8.08. The fourth-order valence-corrected chi connectivity index (χ4v) is 2.77. The molecule has 0 spiro atoms. The quantitative estimate of drug-likeness (QED) is 0.923. The Kier molecular flexibility index (Phi) is 3.86. The summed E-state index contributed by atoms with van der Waals surface area (Å²) in [4.78, 5) is 1.25. The molecule has 0 saturated heterocycles. The van der Waals surface area contributed by atoms with E-state index in [9.17, 15) is 0 Å². The largest absolute Gasteiger partial charge is 0.305 e. The molecule has 2 aromatic rings. The summed E-state index contributed by atoms with van der Waals surface area (Å²) in [6, 6.07) is 2.30. The third kappa shape index (κ3) is 2.89. The van der Waals surface area contributed by atoms with Crippen LogP contribution in [-0.2, 0) is 13.6 Å². The highest BCUT2D eigenvalue weighted by atomic mass is 35.5. The number of halogens is 1. The molecule has 0 aliphatic heterocycles. The van der Waals surface area contributed by atoms with Gasteiger partial charge in [0.15, 0.2) is 0 Å². The smallest absolute Gasteiger partial charge is 0.0540 e. The van der Waals surface area contributed by atoms with Gasteiger partial charge in [-0.2, -0.15) is 5.10 Å². The number of hydrogen-bond acceptors (Lipinski definition) is 3. The average molecular weight is 270 g/mol. The van der Waals surface area contributed by atoms with Crippen molar-refractivity contribution in [1.82, 2.24) is 15.1 Å². The molecule has 0 bridgehead atoms. The van der Waals surface area contributed by atoms with Gasteiger partial charge in [-0.25, -0.2) is 0 Å². The van der Waals surface area contributed by atoms with Gasteiger partial charge in [0.25, 0.3) is 0 Å². The molecule has 2 rings (SSSR count). The van der Waals surface area contributed by atoms with Crippen molar-refractivity contribution in [3.05, 3.63) is 38.8 Å². The summed E-state index contributed by atoms with van der Waals surface area (Å²) in [5.74, 6) is 0. The predicted octanol–water partition coefficient (Wildman–Crippen LogP) is 3.29. The molecule has 2 heterocycles. The van der Waals surface area contributed by atoms with Crippen molar-refractivity contribution in [2.45, 2.75) is 26.4 Å². The normalized spacial score (nSPS) is 12.9. The molecule has 0 fully saturated rings. The van der Waals surface area contributed by atoms with Gasteiger partial charge in [0.1, 0.15) is 0 Å². The van der Waals surface area contributed by atoms with Crippen LogP contribution in [-0.4, -0.2) is 9.78 Å². The minimum atomic E-state index is 0.296. The van der Waals surface area contributed by atoms with E-state index in [1.54, 1.807) is 11.3 Å². The molecule has 1 unspecified atom stereocenters. The highest BCUT2D eigenvalue weighted by Crippen LogP contribution is 2.21. The molecule has 92 valence electrons. The highest BCUT2D eigenvalue weighted by molar-refractivity contribution is 7.10. The van der Waals surface area contributed by atoms with Crippen molar-refractivity contribution in [3.63, 3.8) is 0 Å². The molecule has 5 heteroatoms. The van der Waals surface area contributed by atoms with E-state index >= 15 is 0 Å². The Morgan fingerprint density at radius 2 is 2.35 bits per heavy atom. The van der Waals surface area contributed by atoms with Gasteiger partial charge in [-0.3, -0.25) is 4.68 Å². The van der Waals surface area contributed by atoms with Gasteiger partial charge in [-0.15, -0.1) is 11.3 Å². The van der Waals surface area contributed by atoms with Crippen molar-refractivity contribution >= 4 is 22.9 Å². The van der Waals surface area contributed by atoms with Crippen molar-refractivity contribution in [3.8, 4) is 0 Å². The van der Waals surface area contributed by atoms with Gasteiger partial charge in [0, 0.05) is 41.1 Å². The summed E-state index contributed by atoms with van der Waals surface area (Å²) in [5.41, 5.74) is 2.45. The molecular formula is C12H16ClN3S. The number of nitrogens with zero attached hydrogens (tertiary/aromatic N) is 2. The number of aryl methyl sites for hydroxylation is 1. The summed E-state index contributed by atoms with van der Waals surface area (Å²) in [7, 11) is 1.96. The third-order valence-electron chi connectivity index (χ3n) is 2.94. The second-order valence-electron chi connectivity index (χ2n) is 4.14. The molecule has 0 aromatic carbocycles. The maximum Gasteiger partial charge on any atom is 0.0540 e. The molecule has 0 amide bonds. The lowest BCUT2D eigenvalue weighted by atomic mass is 10.1. The van der Waals surface area contributed by atoms with Crippen LogP contribution in [0.1, 0.15) is 29.1 Å². The van der Waals surface area contributed by atoms with Crippen molar-refractivity contribution in [2.75, 3.05) is 0 Å². The van der Waals surface area contributed by atoms with E-state index in [1.165, 1.54) is 16.1 Å². The van der Waals surface area contributed by atoms with Crippen LogP contribution >= 0.6 is 22.9 Å². The zero-order chi connectivity index (χ0) is 12.4. The number of nitrogens with one attached hydrogen (secondary N) is 1. The summed E-state index contributed by atoms with van der Waals surface area (Å²) < 4.78 is 1.90. The molecule has 3 nitrogen and oxygen atoms in total. The second-order valence-corrected chi connectivity index (χ2v) is 5.57. The summed E-state index contributed by atoms with van der Waals surface area (Å²) in [6.45, 7) is 5.08. The maximum atomic E-state index is 5.89. The van der Waals surface area contributed by atoms with Gasteiger partial charge in [0.05, 0.1) is 11.2 Å². The van der Waals surface area contributed by atoms with E-state index in [2.05, 4.69) is 24.3 Å². The van der Waals surface area contributed by atoms with Gasteiger partial charge in [0.2, 0.25) is 0 Å². The first kappa shape index (κ1) is 12.6.